The molecule has 0 amide bonds. The van der Waals surface area contributed by atoms with Crippen molar-refractivity contribution in [3.8, 4) is 5.69 Å². The first-order chi connectivity index (χ1) is 11.7. The SMILES string of the molecule is CC(C)(C)c1ccc(-n2[nH]c(=O)c3cc([N+](=O)[O-])ccc3c2=O)cc1. The fourth-order valence-electron chi connectivity index (χ4n) is 2.65. The maximum absolute atomic E-state index is 12.7. The second-order valence-corrected chi connectivity index (χ2v) is 6.87. The average Bonchev–Trinajstić information content (AvgIpc) is 2.57. The minimum Gasteiger partial charge on any atom is -0.267 e. The predicted octanol–water partition coefficient (Wildman–Crippen LogP) is 2.88. The van der Waals surface area contributed by atoms with Gasteiger partial charge >= 0.3 is 0 Å². The normalized spacial score (nSPS) is 11.6. The van der Waals surface area contributed by atoms with Gasteiger partial charge in [0.25, 0.3) is 16.8 Å². The molecule has 0 aliphatic rings. The number of H-pyrrole nitrogens is 1. The van der Waals surface area contributed by atoms with Crippen molar-refractivity contribution in [1.29, 1.82) is 0 Å². The van der Waals surface area contributed by atoms with Crippen LogP contribution in [-0.2, 0) is 5.41 Å². The monoisotopic (exact) mass is 339 g/mol. The van der Waals surface area contributed by atoms with E-state index in [4.69, 9.17) is 0 Å². The van der Waals surface area contributed by atoms with Crippen molar-refractivity contribution in [2.24, 2.45) is 0 Å². The van der Waals surface area contributed by atoms with Crippen molar-refractivity contribution in [3.05, 3.63) is 78.8 Å². The van der Waals surface area contributed by atoms with Gasteiger partial charge in [-0.25, -0.2) is 4.68 Å². The number of hydrogen-bond donors (Lipinski definition) is 1. The van der Waals surface area contributed by atoms with Gasteiger partial charge in [-0.3, -0.25) is 24.8 Å². The van der Waals surface area contributed by atoms with Crippen LogP contribution >= 0.6 is 0 Å². The van der Waals surface area contributed by atoms with E-state index >= 15 is 0 Å². The van der Waals surface area contributed by atoms with Crippen molar-refractivity contribution >= 4 is 16.5 Å². The molecular formula is C18H17N3O4. The Labute approximate surface area is 142 Å². The first kappa shape index (κ1) is 16.6. The summed E-state index contributed by atoms with van der Waals surface area (Å²) in [6.45, 7) is 6.25. The topological polar surface area (TPSA) is 98.0 Å². The third-order valence-corrected chi connectivity index (χ3v) is 4.10. The second kappa shape index (κ2) is 5.70. The van der Waals surface area contributed by atoms with E-state index in [2.05, 4.69) is 25.9 Å². The van der Waals surface area contributed by atoms with E-state index in [1.807, 2.05) is 12.1 Å². The summed E-state index contributed by atoms with van der Waals surface area (Å²) >= 11 is 0. The molecule has 2 aromatic carbocycles. The molecule has 0 atom stereocenters. The highest BCUT2D eigenvalue weighted by Gasteiger charge is 2.15. The summed E-state index contributed by atoms with van der Waals surface area (Å²) < 4.78 is 1.16. The van der Waals surface area contributed by atoms with Gasteiger partial charge in [0.15, 0.2) is 0 Å². The Kier molecular flexibility index (Phi) is 3.79. The molecule has 128 valence electrons. The van der Waals surface area contributed by atoms with Crippen LogP contribution in [0.25, 0.3) is 16.5 Å². The lowest BCUT2D eigenvalue weighted by atomic mass is 9.87. The zero-order chi connectivity index (χ0) is 18.4. The number of nitro benzene ring substituents is 1. The van der Waals surface area contributed by atoms with Crippen LogP contribution in [0.5, 0.6) is 0 Å². The van der Waals surface area contributed by atoms with Crippen LogP contribution < -0.4 is 11.1 Å². The van der Waals surface area contributed by atoms with Crippen LogP contribution in [-0.4, -0.2) is 14.7 Å². The van der Waals surface area contributed by atoms with Crippen molar-refractivity contribution < 1.29 is 4.92 Å². The van der Waals surface area contributed by atoms with E-state index in [1.54, 1.807) is 12.1 Å². The number of rotatable bonds is 2. The van der Waals surface area contributed by atoms with Gasteiger partial charge in [0.05, 0.1) is 21.4 Å². The summed E-state index contributed by atoms with van der Waals surface area (Å²) in [6, 6.07) is 11.0. The lowest BCUT2D eigenvalue weighted by Crippen LogP contribution is -2.28. The molecule has 0 radical (unpaired) electrons. The number of nitro groups is 1. The predicted molar refractivity (Wildman–Crippen MR) is 95.5 cm³/mol. The molecule has 0 saturated heterocycles. The van der Waals surface area contributed by atoms with Gasteiger partial charge in [0, 0.05) is 12.1 Å². The van der Waals surface area contributed by atoms with Gasteiger partial charge in [-0.1, -0.05) is 32.9 Å². The number of nitrogens with zero attached hydrogens (tertiary/aromatic N) is 2. The van der Waals surface area contributed by atoms with Gasteiger partial charge in [-0.15, -0.1) is 0 Å². The molecular weight excluding hydrogens is 322 g/mol. The van der Waals surface area contributed by atoms with Gasteiger partial charge in [-0.05, 0) is 29.2 Å². The van der Waals surface area contributed by atoms with Gasteiger partial charge in [0.1, 0.15) is 0 Å². The van der Waals surface area contributed by atoms with Crippen molar-refractivity contribution in [2.45, 2.75) is 26.2 Å². The smallest absolute Gasteiger partial charge is 0.267 e. The van der Waals surface area contributed by atoms with E-state index in [0.29, 0.717) is 5.69 Å². The quantitative estimate of drug-likeness (QED) is 0.573. The van der Waals surface area contributed by atoms with Gasteiger partial charge < -0.3 is 0 Å². The number of fused-ring (bicyclic) bond motifs is 1. The molecule has 25 heavy (non-hydrogen) atoms. The first-order valence-corrected chi connectivity index (χ1v) is 7.73. The Morgan fingerprint density at radius 2 is 1.64 bits per heavy atom. The largest absolute Gasteiger partial charge is 0.277 e. The zero-order valence-corrected chi connectivity index (χ0v) is 14.1. The highest BCUT2D eigenvalue weighted by molar-refractivity contribution is 5.83. The lowest BCUT2D eigenvalue weighted by Gasteiger charge is -2.19. The molecule has 0 spiro atoms. The molecule has 0 saturated carbocycles. The third-order valence-electron chi connectivity index (χ3n) is 4.10. The Morgan fingerprint density at radius 3 is 2.20 bits per heavy atom. The number of non-ortho nitro benzene ring substituents is 1. The number of aromatic nitrogens is 2. The van der Waals surface area contributed by atoms with Gasteiger partial charge in [-0.2, -0.15) is 0 Å². The maximum atomic E-state index is 12.7. The number of benzene rings is 2. The van der Waals surface area contributed by atoms with Crippen LogP contribution in [0.2, 0.25) is 0 Å². The van der Waals surface area contributed by atoms with Crippen LogP contribution in [0, 0.1) is 10.1 Å². The average molecular weight is 339 g/mol. The maximum Gasteiger partial charge on any atom is 0.277 e. The van der Waals surface area contributed by atoms with Crippen LogP contribution in [0.15, 0.2) is 52.1 Å². The minimum atomic E-state index is -0.602. The molecule has 0 unspecified atom stereocenters. The summed E-state index contributed by atoms with van der Waals surface area (Å²) in [5, 5.41) is 13.5. The van der Waals surface area contributed by atoms with Crippen molar-refractivity contribution in [3.63, 3.8) is 0 Å². The Hall–Kier alpha value is -3.22. The van der Waals surface area contributed by atoms with Crippen molar-refractivity contribution in [1.82, 2.24) is 9.78 Å². The fourth-order valence-corrected chi connectivity index (χ4v) is 2.65. The van der Waals surface area contributed by atoms with E-state index in [1.165, 1.54) is 12.1 Å². The Bertz CT molecular complexity index is 1090. The molecule has 3 aromatic rings. The molecule has 1 aromatic heterocycles. The fraction of sp³-hybridized carbons (Fsp3) is 0.222. The summed E-state index contributed by atoms with van der Waals surface area (Å²) in [6.07, 6.45) is 0. The van der Waals surface area contributed by atoms with Crippen molar-refractivity contribution in [2.75, 3.05) is 0 Å². The summed E-state index contributed by atoms with van der Waals surface area (Å²) in [7, 11) is 0. The minimum absolute atomic E-state index is 0.00163. The molecule has 3 rings (SSSR count). The highest BCUT2D eigenvalue weighted by Crippen LogP contribution is 2.23. The summed E-state index contributed by atoms with van der Waals surface area (Å²) in [5.74, 6) is 0. The van der Waals surface area contributed by atoms with Crippen LogP contribution in [0.3, 0.4) is 0 Å². The van der Waals surface area contributed by atoms with E-state index in [9.17, 15) is 19.7 Å². The van der Waals surface area contributed by atoms with Crippen LogP contribution in [0.4, 0.5) is 5.69 Å². The number of hydrogen-bond acceptors (Lipinski definition) is 4. The molecule has 1 N–H and O–H groups in total. The Morgan fingerprint density at radius 1 is 1.00 bits per heavy atom. The molecule has 7 nitrogen and oxygen atoms in total. The standard InChI is InChI=1S/C18H17N3O4/c1-18(2,3)11-4-6-12(7-5-11)20-17(23)14-9-8-13(21(24)25)10-15(14)16(22)19-20/h4-10H,1-3H3,(H,19,22). The third kappa shape index (κ3) is 2.96. The zero-order valence-electron chi connectivity index (χ0n) is 14.1. The van der Waals surface area contributed by atoms with Crippen LogP contribution in [0.1, 0.15) is 26.3 Å². The molecule has 7 heteroatoms. The molecule has 0 aliphatic carbocycles. The number of nitrogens with one attached hydrogen (secondary N) is 1. The van der Waals surface area contributed by atoms with E-state index in [-0.39, 0.29) is 21.9 Å². The summed E-state index contributed by atoms with van der Waals surface area (Å²) in [5.41, 5.74) is 0.369. The molecule has 1 heterocycles. The first-order valence-electron chi connectivity index (χ1n) is 7.73. The molecule has 0 fully saturated rings. The second-order valence-electron chi connectivity index (χ2n) is 6.87. The van der Waals surface area contributed by atoms with E-state index in [0.717, 1.165) is 16.3 Å². The highest BCUT2D eigenvalue weighted by atomic mass is 16.6. The Balaban J connectivity index is 2.20. The summed E-state index contributed by atoms with van der Waals surface area (Å²) in [4.78, 5) is 35.2. The van der Waals surface area contributed by atoms with Gasteiger partial charge in [0.2, 0.25) is 0 Å². The number of aromatic amines is 1. The van der Waals surface area contributed by atoms with E-state index < -0.39 is 16.0 Å². The lowest BCUT2D eigenvalue weighted by molar-refractivity contribution is -0.384. The molecule has 0 bridgehead atoms. The molecule has 0 aliphatic heterocycles.